The average Bonchev–Trinajstić information content (AvgIpc) is 2.36. The zero-order valence-corrected chi connectivity index (χ0v) is 13.5. The first-order valence-corrected chi connectivity index (χ1v) is 8.25. The Bertz CT molecular complexity index is 565. The Labute approximate surface area is 125 Å². The molecule has 0 aliphatic carbocycles. The van der Waals surface area contributed by atoms with Crippen LogP contribution in [-0.4, -0.2) is 33.0 Å². The maximum Gasteiger partial charge on any atom is 0.241 e. The number of carbonyl (C=O) groups excluding carboxylic acids is 1. The number of ether oxygens (including phenoxy) is 1. The van der Waals surface area contributed by atoms with E-state index in [1.54, 1.807) is 26.0 Å². The molecule has 0 saturated heterocycles. The van der Waals surface area contributed by atoms with Gasteiger partial charge in [0.15, 0.2) is 0 Å². The number of sulfonamides is 1. The highest BCUT2D eigenvalue weighted by Gasteiger charge is 2.15. The lowest BCUT2D eigenvalue weighted by atomic mass is 10.3. The van der Waals surface area contributed by atoms with E-state index >= 15 is 0 Å². The lowest BCUT2D eigenvalue weighted by Crippen LogP contribution is -2.39. The molecule has 0 aliphatic rings. The molecular weight excluding hydrogens is 292 g/mol. The summed E-state index contributed by atoms with van der Waals surface area (Å²) in [5.74, 6) is 0.231. The molecule has 6 nitrogen and oxygen atoms in total. The van der Waals surface area contributed by atoms with Crippen molar-refractivity contribution in [1.82, 2.24) is 10.0 Å². The van der Waals surface area contributed by atoms with Gasteiger partial charge in [-0.15, -0.1) is 0 Å². The second-order valence-corrected chi connectivity index (χ2v) is 6.95. The number of nitrogens with one attached hydrogen (secondary N) is 2. The summed E-state index contributed by atoms with van der Waals surface area (Å²) in [5.41, 5.74) is 0. The van der Waals surface area contributed by atoms with Crippen molar-refractivity contribution in [2.75, 3.05) is 6.54 Å². The SMILES string of the molecule is CC(C)NC(=O)CNS(=O)(=O)c1ccc(OC(C)C)cc1. The molecular formula is C14H22N2O4S. The molecule has 0 aliphatic heterocycles. The molecule has 0 aromatic heterocycles. The normalized spacial score (nSPS) is 11.7. The van der Waals surface area contributed by atoms with Crippen LogP contribution in [0.4, 0.5) is 0 Å². The fraction of sp³-hybridized carbons (Fsp3) is 0.500. The van der Waals surface area contributed by atoms with Gasteiger partial charge in [0.25, 0.3) is 0 Å². The van der Waals surface area contributed by atoms with E-state index in [1.165, 1.54) is 12.1 Å². The third kappa shape index (κ3) is 6.14. The molecule has 0 unspecified atom stereocenters. The molecule has 0 spiro atoms. The lowest BCUT2D eigenvalue weighted by molar-refractivity contribution is -0.120. The van der Waals surface area contributed by atoms with Crippen LogP contribution >= 0.6 is 0 Å². The van der Waals surface area contributed by atoms with E-state index in [-0.39, 0.29) is 29.5 Å². The largest absolute Gasteiger partial charge is 0.491 e. The highest BCUT2D eigenvalue weighted by atomic mass is 32.2. The van der Waals surface area contributed by atoms with Crippen LogP contribution < -0.4 is 14.8 Å². The number of benzene rings is 1. The summed E-state index contributed by atoms with van der Waals surface area (Å²) in [5, 5.41) is 2.61. The van der Waals surface area contributed by atoms with Crippen LogP contribution in [0.15, 0.2) is 29.2 Å². The highest BCUT2D eigenvalue weighted by Crippen LogP contribution is 2.16. The third-order valence-electron chi connectivity index (χ3n) is 2.38. The molecule has 1 aromatic rings. The van der Waals surface area contributed by atoms with E-state index < -0.39 is 10.0 Å². The summed E-state index contributed by atoms with van der Waals surface area (Å²) in [6.07, 6.45) is 0.0188. The highest BCUT2D eigenvalue weighted by molar-refractivity contribution is 7.89. The Morgan fingerprint density at radius 1 is 1.14 bits per heavy atom. The van der Waals surface area contributed by atoms with Crippen molar-refractivity contribution in [2.45, 2.75) is 44.7 Å². The molecule has 2 N–H and O–H groups in total. The second kappa shape index (κ2) is 7.42. The van der Waals surface area contributed by atoms with Crippen molar-refractivity contribution in [3.8, 4) is 5.75 Å². The molecule has 1 amide bonds. The van der Waals surface area contributed by atoms with Crippen LogP contribution in [0.5, 0.6) is 5.75 Å². The number of carbonyl (C=O) groups is 1. The van der Waals surface area contributed by atoms with Crippen LogP contribution in [0.2, 0.25) is 0 Å². The minimum Gasteiger partial charge on any atom is -0.491 e. The van der Waals surface area contributed by atoms with Gasteiger partial charge < -0.3 is 10.1 Å². The van der Waals surface area contributed by atoms with E-state index in [9.17, 15) is 13.2 Å². The Morgan fingerprint density at radius 2 is 1.71 bits per heavy atom. The standard InChI is InChI=1S/C14H22N2O4S/c1-10(2)16-14(17)9-15-21(18,19)13-7-5-12(6-8-13)20-11(3)4/h5-8,10-11,15H,9H2,1-4H3,(H,16,17). The zero-order chi connectivity index (χ0) is 16.0. The van der Waals surface area contributed by atoms with E-state index in [4.69, 9.17) is 4.74 Å². The number of hydrogen-bond donors (Lipinski definition) is 2. The Kier molecular flexibility index (Phi) is 6.17. The molecule has 1 aromatic carbocycles. The van der Waals surface area contributed by atoms with E-state index in [0.717, 1.165) is 0 Å². The van der Waals surface area contributed by atoms with Crippen molar-refractivity contribution < 1.29 is 17.9 Å². The van der Waals surface area contributed by atoms with Crippen molar-refractivity contribution >= 4 is 15.9 Å². The van der Waals surface area contributed by atoms with Crippen LogP contribution in [0, 0.1) is 0 Å². The predicted octanol–water partition coefficient (Wildman–Crippen LogP) is 1.28. The Hall–Kier alpha value is -1.60. The van der Waals surface area contributed by atoms with Gasteiger partial charge in [0.2, 0.25) is 15.9 Å². The summed E-state index contributed by atoms with van der Waals surface area (Å²) in [6.45, 7) is 7.10. The second-order valence-electron chi connectivity index (χ2n) is 5.18. The smallest absolute Gasteiger partial charge is 0.241 e. The Morgan fingerprint density at radius 3 is 2.19 bits per heavy atom. The quantitative estimate of drug-likeness (QED) is 0.794. The molecule has 0 heterocycles. The number of amides is 1. The van der Waals surface area contributed by atoms with Gasteiger partial charge in [0.1, 0.15) is 5.75 Å². The van der Waals surface area contributed by atoms with E-state index in [1.807, 2.05) is 13.8 Å². The van der Waals surface area contributed by atoms with Crippen molar-refractivity contribution in [2.24, 2.45) is 0 Å². The number of hydrogen-bond acceptors (Lipinski definition) is 4. The molecule has 0 fully saturated rings. The monoisotopic (exact) mass is 314 g/mol. The summed E-state index contributed by atoms with van der Waals surface area (Å²) >= 11 is 0. The summed E-state index contributed by atoms with van der Waals surface area (Å²) < 4.78 is 31.8. The van der Waals surface area contributed by atoms with Crippen LogP contribution in [0.1, 0.15) is 27.7 Å². The molecule has 7 heteroatoms. The lowest BCUT2D eigenvalue weighted by Gasteiger charge is -2.11. The minimum atomic E-state index is -3.70. The van der Waals surface area contributed by atoms with Gasteiger partial charge >= 0.3 is 0 Å². The molecule has 118 valence electrons. The summed E-state index contributed by atoms with van der Waals surface area (Å²) in [6, 6.07) is 6.03. The Balaban J connectivity index is 2.68. The fourth-order valence-corrected chi connectivity index (χ4v) is 2.57. The van der Waals surface area contributed by atoms with Gasteiger partial charge in [-0.1, -0.05) is 0 Å². The molecule has 1 rings (SSSR count). The third-order valence-corrected chi connectivity index (χ3v) is 3.80. The molecule has 0 bridgehead atoms. The van der Waals surface area contributed by atoms with Crippen molar-refractivity contribution in [1.29, 1.82) is 0 Å². The average molecular weight is 314 g/mol. The van der Waals surface area contributed by atoms with Gasteiger partial charge in [0.05, 0.1) is 17.5 Å². The molecule has 21 heavy (non-hydrogen) atoms. The molecule has 0 atom stereocenters. The van der Waals surface area contributed by atoms with Gasteiger partial charge in [-0.05, 0) is 52.0 Å². The number of rotatable bonds is 7. The van der Waals surface area contributed by atoms with E-state index in [0.29, 0.717) is 5.75 Å². The maximum atomic E-state index is 12.0. The first-order chi connectivity index (χ1) is 9.70. The van der Waals surface area contributed by atoms with Gasteiger partial charge in [0, 0.05) is 6.04 Å². The van der Waals surface area contributed by atoms with Crippen LogP contribution in [-0.2, 0) is 14.8 Å². The first kappa shape index (κ1) is 17.5. The zero-order valence-electron chi connectivity index (χ0n) is 12.7. The fourth-order valence-electron chi connectivity index (χ4n) is 1.59. The summed E-state index contributed by atoms with van der Waals surface area (Å²) in [7, 11) is -3.70. The van der Waals surface area contributed by atoms with Crippen molar-refractivity contribution in [3.05, 3.63) is 24.3 Å². The van der Waals surface area contributed by atoms with Gasteiger partial charge in [-0.3, -0.25) is 4.79 Å². The van der Waals surface area contributed by atoms with Crippen molar-refractivity contribution in [3.63, 3.8) is 0 Å². The van der Waals surface area contributed by atoms with E-state index in [2.05, 4.69) is 10.0 Å². The summed E-state index contributed by atoms with van der Waals surface area (Å²) in [4.78, 5) is 11.5. The minimum absolute atomic E-state index is 0.0188. The first-order valence-electron chi connectivity index (χ1n) is 6.76. The topological polar surface area (TPSA) is 84.5 Å². The van der Waals surface area contributed by atoms with Crippen LogP contribution in [0.25, 0.3) is 0 Å². The molecule has 0 saturated carbocycles. The van der Waals surface area contributed by atoms with Gasteiger partial charge in [-0.25, -0.2) is 13.1 Å². The van der Waals surface area contributed by atoms with Crippen LogP contribution in [0.3, 0.4) is 0 Å². The molecule has 0 radical (unpaired) electrons. The predicted molar refractivity (Wildman–Crippen MR) is 80.7 cm³/mol. The van der Waals surface area contributed by atoms with Gasteiger partial charge in [-0.2, -0.15) is 0 Å². The maximum absolute atomic E-state index is 12.0.